The third kappa shape index (κ3) is 3.64. The number of aryl methyl sites for hydroxylation is 2. The predicted molar refractivity (Wildman–Crippen MR) is 123 cm³/mol. The quantitative estimate of drug-likeness (QED) is 0.441. The number of hydrogen-bond acceptors (Lipinski definition) is 4. The van der Waals surface area contributed by atoms with Crippen LogP contribution in [0.3, 0.4) is 0 Å². The molecule has 0 spiro atoms. The number of carbonyl (C=O) groups excluding carboxylic acids is 1. The molecular weight excluding hydrogens is 406 g/mol. The largest absolute Gasteiger partial charge is 0.347 e. The molecule has 5 aromatic rings. The van der Waals surface area contributed by atoms with Crippen LogP contribution in [0.4, 0.5) is 0 Å². The van der Waals surface area contributed by atoms with Gasteiger partial charge in [0.15, 0.2) is 0 Å². The Morgan fingerprint density at radius 3 is 2.45 bits per heavy atom. The highest BCUT2D eigenvalue weighted by Crippen LogP contribution is 2.28. The number of amides is 1. The van der Waals surface area contributed by atoms with Gasteiger partial charge in [-0.3, -0.25) is 9.48 Å². The van der Waals surface area contributed by atoms with Crippen molar-refractivity contribution in [2.24, 2.45) is 7.05 Å². The highest BCUT2D eigenvalue weighted by molar-refractivity contribution is 7.20. The average molecular weight is 428 g/mol. The normalized spacial score (nSPS) is 11.2. The predicted octanol–water partition coefficient (Wildman–Crippen LogP) is 4.73. The Labute approximate surface area is 183 Å². The Morgan fingerprint density at radius 1 is 1.03 bits per heavy atom. The summed E-state index contributed by atoms with van der Waals surface area (Å²) in [6.45, 7) is 2.35. The summed E-state index contributed by atoms with van der Waals surface area (Å²) in [5.41, 5.74) is 4.75. The summed E-state index contributed by atoms with van der Waals surface area (Å²) in [7, 11) is 1.90. The fourth-order valence-electron chi connectivity index (χ4n) is 3.67. The fraction of sp³-hybridized carbons (Fsp3) is 0.125. The molecule has 3 aromatic heterocycles. The van der Waals surface area contributed by atoms with Crippen LogP contribution in [0.2, 0.25) is 0 Å². The Morgan fingerprint density at radius 2 is 1.74 bits per heavy atom. The molecule has 0 radical (unpaired) electrons. The molecule has 1 N–H and O–H groups in total. The lowest BCUT2D eigenvalue weighted by atomic mass is 10.1. The first-order valence-corrected chi connectivity index (χ1v) is 10.8. The average Bonchev–Trinajstić information content (AvgIpc) is 3.49. The van der Waals surface area contributed by atoms with Crippen LogP contribution in [-0.4, -0.2) is 25.5 Å². The zero-order chi connectivity index (χ0) is 21.4. The monoisotopic (exact) mass is 427 g/mol. The third-order valence-electron chi connectivity index (χ3n) is 5.22. The SMILES string of the molecule is Cc1nn(C)c2sc(C(=O)NCc3cn(-c4ccccc4)nc3-c3ccccc3)cc12. The van der Waals surface area contributed by atoms with E-state index in [-0.39, 0.29) is 5.91 Å². The highest BCUT2D eigenvalue weighted by atomic mass is 32.1. The van der Waals surface area contributed by atoms with Crippen molar-refractivity contribution in [2.45, 2.75) is 13.5 Å². The van der Waals surface area contributed by atoms with Gasteiger partial charge in [0.05, 0.1) is 22.0 Å². The van der Waals surface area contributed by atoms with Crippen LogP contribution >= 0.6 is 11.3 Å². The van der Waals surface area contributed by atoms with Gasteiger partial charge in [-0.1, -0.05) is 48.5 Å². The van der Waals surface area contributed by atoms with Crippen LogP contribution in [0.5, 0.6) is 0 Å². The summed E-state index contributed by atoms with van der Waals surface area (Å²) in [5.74, 6) is -0.0907. The maximum absolute atomic E-state index is 12.9. The number of nitrogens with zero attached hydrogens (tertiary/aromatic N) is 4. The molecule has 2 aromatic carbocycles. The van der Waals surface area contributed by atoms with Crippen LogP contribution in [-0.2, 0) is 13.6 Å². The number of carbonyl (C=O) groups is 1. The molecule has 0 unspecified atom stereocenters. The maximum Gasteiger partial charge on any atom is 0.261 e. The van der Waals surface area contributed by atoms with E-state index in [0.717, 1.165) is 38.4 Å². The van der Waals surface area contributed by atoms with Gasteiger partial charge in [-0.05, 0) is 25.1 Å². The van der Waals surface area contributed by atoms with Crippen LogP contribution in [0, 0.1) is 6.92 Å². The highest BCUT2D eigenvalue weighted by Gasteiger charge is 2.17. The molecular formula is C24H21N5OS. The fourth-order valence-corrected chi connectivity index (χ4v) is 4.71. The number of thiophene rings is 1. The lowest BCUT2D eigenvalue weighted by molar-refractivity contribution is 0.0955. The van der Waals surface area contributed by atoms with E-state index in [0.29, 0.717) is 11.4 Å². The van der Waals surface area contributed by atoms with E-state index in [9.17, 15) is 4.79 Å². The molecule has 1 amide bonds. The van der Waals surface area contributed by atoms with E-state index in [2.05, 4.69) is 10.4 Å². The number of fused-ring (bicyclic) bond motifs is 1. The van der Waals surface area contributed by atoms with Gasteiger partial charge in [-0.25, -0.2) is 4.68 Å². The lowest BCUT2D eigenvalue weighted by Crippen LogP contribution is -2.21. The smallest absolute Gasteiger partial charge is 0.261 e. The topological polar surface area (TPSA) is 64.7 Å². The van der Waals surface area contributed by atoms with Crippen molar-refractivity contribution in [3.63, 3.8) is 0 Å². The Hall–Kier alpha value is -3.71. The molecule has 7 heteroatoms. The van der Waals surface area contributed by atoms with Crippen molar-refractivity contribution in [1.29, 1.82) is 0 Å². The first-order valence-electron chi connectivity index (χ1n) is 10.0. The molecule has 31 heavy (non-hydrogen) atoms. The minimum absolute atomic E-state index is 0.0907. The van der Waals surface area contributed by atoms with Gasteiger partial charge in [0, 0.05) is 36.3 Å². The van der Waals surface area contributed by atoms with Crippen molar-refractivity contribution < 1.29 is 4.79 Å². The second kappa shape index (κ2) is 7.85. The number of hydrogen-bond donors (Lipinski definition) is 1. The van der Waals surface area contributed by atoms with E-state index in [1.54, 1.807) is 0 Å². The van der Waals surface area contributed by atoms with E-state index < -0.39 is 0 Å². The van der Waals surface area contributed by atoms with Gasteiger partial charge in [0.2, 0.25) is 0 Å². The van der Waals surface area contributed by atoms with Gasteiger partial charge in [0.1, 0.15) is 4.83 Å². The van der Waals surface area contributed by atoms with Crippen molar-refractivity contribution in [3.8, 4) is 16.9 Å². The van der Waals surface area contributed by atoms with E-state index in [1.165, 1.54) is 11.3 Å². The third-order valence-corrected chi connectivity index (χ3v) is 6.42. The van der Waals surface area contributed by atoms with Gasteiger partial charge in [-0.15, -0.1) is 11.3 Å². The van der Waals surface area contributed by atoms with Crippen molar-refractivity contribution in [2.75, 3.05) is 0 Å². The summed E-state index contributed by atoms with van der Waals surface area (Å²) in [5, 5.41) is 13.3. The molecule has 0 aliphatic rings. The summed E-state index contributed by atoms with van der Waals surface area (Å²) < 4.78 is 3.68. The zero-order valence-electron chi connectivity index (χ0n) is 17.2. The first-order chi connectivity index (χ1) is 15.1. The molecule has 0 saturated carbocycles. The summed E-state index contributed by atoms with van der Waals surface area (Å²) in [4.78, 5) is 14.6. The molecule has 0 atom stereocenters. The Balaban J connectivity index is 1.44. The Kier molecular flexibility index (Phi) is 4.88. The van der Waals surface area contributed by atoms with Gasteiger partial charge in [0.25, 0.3) is 5.91 Å². The first kappa shape index (κ1) is 19.3. The Bertz CT molecular complexity index is 1330. The molecule has 0 bridgehead atoms. The van der Waals surface area contributed by atoms with E-state index >= 15 is 0 Å². The van der Waals surface area contributed by atoms with Crippen LogP contribution in [0.15, 0.2) is 72.9 Å². The summed E-state index contributed by atoms with van der Waals surface area (Å²) in [6.07, 6.45) is 1.98. The van der Waals surface area contributed by atoms with Crippen LogP contribution < -0.4 is 5.32 Å². The molecule has 154 valence electrons. The van der Waals surface area contributed by atoms with E-state index in [4.69, 9.17) is 5.10 Å². The lowest BCUT2D eigenvalue weighted by Gasteiger charge is -2.04. The summed E-state index contributed by atoms with van der Waals surface area (Å²) in [6, 6.07) is 21.9. The molecule has 6 nitrogen and oxygen atoms in total. The zero-order valence-corrected chi connectivity index (χ0v) is 18.1. The van der Waals surface area contributed by atoms with Gasteiger partial charge < -0.3 is 5.32 Å². The maximum atomic E-state index is 12.9. The number of aromatic nitrogens is 4. The summed E-state index contributed by atoms with van der Waals surface area (Å²) >= 11 is 1.46. The van der Waals surface area contributed by atoms with Crippen LogP contribution in [0.1, 0.15) is 20.9 Å². The molecule has 0 aliphatic heterocycles. The minimum atomic E-state index is -0.0907. The van der Waals surface area contributed by atoms with Crippen molar-refractivity contribution in [1.82, 2.24) is 24.9 Å². The van der Waals surface area contributed by atoms with Gasteiger partial charge in [-0.2, -0.15) is 10.2 Å². The number of nitrogens with one attached hydrogen (secondary N) is 1. The van der Waals surface area contributed by atoms with Crippen molar-refractivity contribution in [3.05, 3.63) is 89.1 Å². The molecule has 0 saturated heterocycles. The molecule has 0 aliphatic carbocycles. The molecule has 5 rings (SSSR count). The second-order valence-electron chi connectivity index (χ2n) is 7.37. The minimum Gasteiger partial charge on any atom is -0.347 e. The number of rotatable bonds is 5. The van der Waals surface area contributed by atoms with Gasteiger partial charge >= 0.3 is 0 Å². The molecule has 0 fully saturated rings. The number of benzene rings is 2. The van der Waals surface area contributed by atoms with Crippen molar-refractivity contribution >= 4 is 27.5 Å². The number of para-hydroxylation sites is 1. The second-order valence-corrected chi connectivity index (χ2v) is 8.40. The van der Waals surface area contributed by atoms with E-state index in [1.807, 2.05) is 96.3 Å². The molecule has 3 heterocycles. The standard InChI is InChI=1S/C24H21N5OS/c1-16-20-13-21(31-24(20)28(2)26-16)23(30)25-14-18-15-29(19-11-7-4-8-12-19)27-22(18)17-9-5-3-6-10-17/h3-13,15H,14H2,1-2H3,(H,25,30). The van der Waals surface area contributed by atoms with Crippen LogP contribution in [0.25, 0.3) is 27.2 Å².